The maximum absolute atomic E-state index is 10.1. The van der Waals surface area contributed by atoms with Crippen LogP contribution >= 0.6 is 0 Å². The number of nitrogens with zero attached hydrogens (tertiary/aromatic N) is 5. The zero-order valence-electron chi connectivity index (χ0n) is 20.7. The first-order valence-electron chi connectivity index (χ1n) is 11.9. The minimum absolute atomic E-state index is 0.0254. The van der Waals surface area contributed by atoms with Crippen LogP contribution in [-0.4, -0.2) is 39.4 Å². The number of rotatable bonds is 6. The molecular formula is C28H23N7O3. The van der Waals surface area contributed by atoms with Crippen molar-refractivity contribution < 1.29 is 14.2 Å². The van der Waals surface area contributed by atoms with Crippen molar-refractivity contribution in [2.75, 3.05) is 14.2 Å². The third-order valence-electron chi connectivity index (χ3n) is 6.70. The van der Waals surface area contributed by atoms with E-state index in [1.165, 1.54) is 0 Å². The quantitative estimate of drug-likeness (QED) is 0.352. The van der Waals surface area contributed by atoms with E-state index in [0.717, 1.165) is 44.7 Å². The van der Waals surface area contributed by atoms with Crippen LogP contribution in [0.15, 0.2) is 78.2 Å². The van der Waals surface area contributed by atoms with Crippen LogP contribution in [0.25, 0.3) is 22.3 Å². The van der Waals surface area contributed by atoms with Gasteiger partial charge in [0.15, 0.2) is 0 Å². The van der Waals surface area contributed by atoms with Crippen LogP contribution < -0.4 is 19.9 Å². The van der Waals surface area contributed by atoms with Crippen molar-refractivity contribution in [1.82, 2.24) is 25.2 Å². The molecule has 1 aliphatic heterocycles. The zero-order valence-corrected chi connectivity index (χ0v) is 20.7. The number of aromatic amines is 1. The molecular weight excluding hydrogens is 482 g/mol. The third kappa shape index (κ3) is 3.77. The number of nitrogens with one attached hydrogen (secondary N) is 1. The number of nitriles is 1. The smallest absolute Gasteiger partial charge is 0.244 e. The summed E-state index contributed by atoms with van der Waals surface area (Å²) in [5.41, 5.74) is 12.3. The van der Waals surface area contributed by atoms with E-state index in [1.807, 2.05) is 71.4 Å². The minimum atomic E-state index is -0.517. The van der Waals surface area contributed by atoms with Crippen molar-refractivity contribution in [3.63, 3.8) is 0 Å². The summed E-state index contributed by atoms with van der Waals surface area (Å²) in [5.74, 6) is 1.27. The fourth-order valence-corrected chi connectivity index (χ4v) is 4.85. The summed E-state index contributed by atoms with van der Waals surface area (Å²) >= 11 is 0. The summed E-state index contributed by atoms with van der Waals surface area (Å²) in [6, 6.07) is 23.4. The van der Waals surface area contributed by atoms with Gasteiger partial charge in [-0.3, -0.25) is 5.10 Å². The summed E-state index contributed by atoms with van der Waals surface area (Å²) in [4.78, 5) is 0. The predicted molar refractivity (Wildman–Crippen MR) is 139 cm³/mol. The Labute approximate surface area is 217 Å². The second-order valence-electron chi connectivity index (χ2n) is 8.78. The Kier molecular flexibility index (Phi) is 5.65. The Morgan fingerprint density at radius 2 is 1.89 bits per heavy atom. The molecule has 3 aromatic carbocycles. The van der Waals surface area contributed by atoms with Gasteiger partial charge in [-0.1, -0.05) is 23.4 Å². The molecule has 0 unspecified atom stereocenters. The van der Waals surface area contributed by atoms with E-state index in [1.54, 1.807) is 14.2 Å². The maximum atomic E-state index is 10.1. The fraction of sp³-hybridized carbons (Fsp3) is 0.143. The Bertz CT molecular complexity index is 1730. The molecule has 0 amide bonds. The molecule has 38 heavy (non-hydrogen) atoms. The summed E-state index contributed by atoms with van der Waals surface area (Å²) in [5, 5.41) is 26.2. The molecule has 10 heteroatoms. The van der Waals surface area contributed by atoms with E-state index in [2.05, 4.69) is 26.6 Å². The number of allylic oxidation sites excluding steroid dienone is 1. The predicted octanol–water partition coefficient (Wildman–Crippen LogP) is 4.11. The van der Waals surface area contributed by atoms with Crippen LogP contribution in [-0.2, 0) is 6.54 Å². The molecule has 3 N–H and O–H groups in total. The second kappa shape index (κ2) is 9.29. The van der Waals surface area contributed by atoms with E-state index in [4.69, 9.17) is 19.9 Å². The number of methoxy groups -OCH3 is 2. The summed E-state index contributed by atoms with van der Waals surface area (Å²) < 4.78 is 18.6. The van der Waals surface area contributed by atoms with Crippen LogP contribution in [0.1, 0.15) is 22.6 Å². The molecule has 0 saturated heterocycles. The highest BCUT2D eigenvalue weighted by Crippen LogP contribution is 2.46. The van der Waals surface area contributed by atoms with Crippen LogP contribution in [0.2, 0.25) is 0 Å². The van der Waals surface area contributed by atoms with Gasteiger partial charge in [-0.25, -0.2) is 4.68 Å². The molecule has 0 fully saturated rings. The average molecular weight is 506 g/mol. The van der Waals surface area contributed by atoms with E-state index in [9.17, 15) is 5.26 Å². The zero-order chi connectivity index (χ0) is 26.2. The summed E-state index contributed by atoms with van der Waals surface area (Å²) in [6.07, 6.45) is 0. The van der Waals surface area contributed by atoms with Gasteiger partial charge in [0, 0.05) is 11.1 Å². The lowest BCUT2D eigenvalue weighted by Crippen LogP contribution is -2.21. The molecule has 0 spiro atoms. The minimum Gasteiger partial charge on any atom is -0.497 e. The van der Waals surface area contributed by atoms with Crippen molar-refractivity contribution in [1.29, 1.82) is 5.26 Å². The summed E-state index contributed by atoms with van der Waals surface area (Å²) in [6.45, 7) is 0.422. The van der Waals surface area contributed by atoms with Gasteiger partial charge in [0.1, 0.15) is 28.7 Å². The molecule has 2 aromatic heterocycles. The maximum Gasteiger partial charge on any atom is 0.244 e. The van der Waals surface area contributed by atoms with Crippen LogP contribution in [0, 0.1) is 11.3 Å². The van der Waals surface area contributed by atoms with E-state index in [0.29, 0.717) is 23.7 Å². The van der Waals surface area contributed by atoms with Gasteiger partial charge in [0.05, 0.1) is 43.5 Å². The molecule has 10 nitrogen and oxygen atoms in total. The van der Waals surface area contributed by atoms with Crippen molar-refractivity contribution >= 4 is 11.0 Å². The molecule has 5 aromatic rings. The van der Waals surface area contributed by atoms with Gasteiger partial charge in [0.25, 0.3) is 0 Å². The lowest BCUT2D eigenvalue weighted by atomic mass is 9.82. The number of benzene rings is 3. The number of hydrogen-bond acceptors (Lipinski definition) is 8. The molecule has 1 aliphatic rings. The van der Waals surface area contributed by atoms with Gasteiger partial charge in [0.2, 0.25) is 11.8 Å². The standard InChI is InChI=1S/C28H23N7O3/c1-36-19-10-7-16(8-11-19)26-25-24(20(14-29)27(30)38-28(25)33-32-26)17-9-12-23(37-2)18(13-17)15-35-22-6-4-3-5-21(22)31-34-35/h3-13,24H,15,30H2,1-2H3,(H,32,33)/t24-/m1/s1. The topological polar surface area (TPSA) is 137 Å². The number of ether oxygens (including phenoxy) is 3. The van der Waals surface area contributed by atoms with E-state index >= 15 is 0 Å². The largest absolute Gasteiger partial charge is 0.497 e. The highest BCUT2D eigenvalue weighted by atomic mass is 16.5. The molecule has 6 rings (SSSR count). The molecule has 3 heterocycles. The van der Waals surface area contributed by atoms with Gasteiger partial charge in [-0.05, 0) is 54.1 Å². The lowest BCUT2D eigenvalue weighted by molar-refractivity contribution is 0.378. The van der Waals surface area contributed by atoms with Crippen molar-refractivity contribution in [2.24, 2.45) is 5.73 Å². The molecule has 0 aliphatic carbocycles. The molecule has 0 bridgehead atoms. The number of fused-ring (bicyclic) bond motifs is 2. The average Bonchev–Trinajstić information content (AvgIpc) is 3.56. The van der Waals surface area contributed by atoms with Gasteiger partial charge in [-0.15, -0.1) is 10.2 Å². The number of hydrogen-bond donors (Lipinski definition) is 2. The third-order valence-corrected chi connectivity index (χ3v) is 6.70. The first-order chi connectivity index (χ1) is 18.6. The normalized spacial score (nSPS) is 14.6. The fourth-order valence-electron chi connectivity index (χ4n) is 4.85. The molecule has 188 valence electrons. The first kappa shape index (κ1) is 23.1. The van der Waals surface area contributed by atoms with Crippen molar-refractivity contribution in [3.05, 3.63) is 94.9 Å². The Hall–Kier alpha value is -5.30. The van der Waals surface area contributed by atoms with Crippen molar-refractivity contribution in [3.8, 4) is 34.7 Å². The number of aromatic nitrogens is 5. The molecule has 0 radical (unpaired) electrons. The van der Waals surface area contributed by atoms with Crippen LogP contribution in [0.5, 0.6) is 17.4 Å². The summed E-state index contributed by atoms with van der Waals surface area (Å²) in [7, 11) is 3.24. The van der Waals surface area contributed by atoms with Gasteiger partial charge >= 0.3 is 0 Å². The van der Waals surface area contributed by atoms with Crippen LogP contribution in [0.4, 0.5) is 0 Å². The first-order valence-corrected chi connectivity index (χ1v) is 11.9. The Morgan fingerprint density at radius 3 is 2.66 bits per heavy atom. The SMILES string of the molecule is COc1ccc(-c2[nH]nc3c2[C@H](c2ccc(OC)c(Cn4nnc5ccccc54)c2)C(C#N)=C(N)O3)cc1. The molecule has 1 atom stereocenters. The number of H-pyrrole nitrogens is 1. The number of nitrogens with two attached hydrogens (primary N) is 1. The van der Waals surface area contributed by atoms with Gasteiger partial charge < -0.3 is 19.9 Å². The van der Waals surface area contributed by atoms with Crippen molar-refractivity contribution in [2.45, 2.75) is 12.5 Å². The highest BCUT2D eigenvalue weighted by Gasteiger charge is 2.36. The second-order valence-corrected chi connectivity index (χ2v) is 8.78. The van der Waals surface area contributed by atoms with E-state index in [-0.39, 0.29) is 5.88 Å². The monoisotopic (exact) mass is 505 g/mol. The van der Waals surface area contributed by atoms with Crippen LogP contribution in [0.3, 0.4) is 0 Å². The highest BCUT2D eigenvalue weighted by molar-refractivity contribution is 5.74. The van der Waals surface area contributed by atoms with E-state index < -0.39 is 5.92 Å². The number of para-hydroxylation sites is 1. The molecule has 0 saturated carbocycles. The Morgan fingerprint density at radius 1 is 1.08 bits per heavy atom. The lowest BCUT2D eigenvalue weighted by Gasteiger charge is -2.25. The van der Waals surface area contributed by atoms with Gasteiger partial charge in [-0.2, -0.15) is 5.26 Å². The Balaban J connectivity index is 1.48.